The molecule has 0 aliphatic rings. The van der Waals surface area contributed by atoms with E-state index in [1.165, 1.54) is 0 Å². The Bertz CT molecular complexity index is 847. The van der Waals surface area contributed by atoms with Crippen LogP contribution in [-0.4, -0.2) is 17.6 Å². The molecule has 3 nitrogen and oxygen atoms in total. The van der Waals surface area contributed by atoms with E-state index in [4.69, 9.17) is 9.72 Å². The standard InChI is InChI=1S/C19H16BrNO2/c1-2-23-19(22)17-14-10-6-7-11-16(14)21-18(15(17)12-20)13-8-4-3-5-9-13/h3-11H,2,12H2,1H3. The van der Waals surface area contributed by atoms with E-state index in [1.54, 1.807) is 0 Å². The van der Waals surface area contributed by atoms with Gasteiger partial charge in [-0.15, -0.1) is 0 Å². The van der Waals surface area contributed by atoms with Gasteiger partial charge in [0.15, 0.2) is 0 Å². The number of aromatic nitrogens is 1. The van der Waals surface area contributed by atoms with Crippen LogP contribution in [0.4, 0.5) is 0 Å². The first-order valence-corrected chi connectivity index (χ1v) is 8.58. The van der Waals surface area contributed by atoms with Crippen LogP contribution in [0.25, 0.3) is 22.2 Å². The van der Waals surface area contributed by atoms with Crippen LogP contribution in [0.5, 0.6) is 0 Å². The number of ether oxygens (including phenoxy) is 1. The van der Waals surface area contributed by atoms with E-state index in [1.807, 2.05) is 61.5 Å². The van der Waals surface area contributed by atoms with Crippen LogP contribution in [0.15, 0.2) is 54.6 Å². The lowest BCUT2D eigenvalue weighted by Crippen LogP contribution is -2.10. The van der Waals surface area contributed by atoms with Gasteiger partial charge in [-0.1, -0.05) is 64.5 Å². The summed E-state index contributed by atoms with van der Waals surface area (Å²) in [4.78, 5) is 17.3. The Morgan fingerprint density at radius 1 is 1.09 bits per heavy atom. The van der Waals surface area contributed by atoms with Crippen molar-refractivity contribution in [3.63, 3.8) is 0 Å². The maximum Gasteiger partial charge on any atom is 0.339 e. The normalized spacial score (nSPS) is 10.7. The molecule has 23 heavy (non-hydrogen) atoms. The van der Waals surface area contributed by atoms with Crippen molar-refractivity contribution in [3.05, 3.63) is 65.7 Å². The zero-order valence-electron chi connectivity index (χ0n) is 12.8. The highest BCUT2D eigenvalue weighted by Gasteiger charge is 2.21. The fraction of sp³-hybridized carbons (Fsp3) is 0.158. The number of carbonyl (C=O) groups is 1. The summed E-state index contributed by atoms with van der Waals surface area (Å²) in [6, 6.07) is 17.6. The minimum Gasteiger partial charge on any atom is -0.462 e. The molecule has 0 saturated carbocycles. The second-order valence-electron chi connectivity index (χ2n) is 5.05. The average Bonchev–Trinajstić information content (AvgIpc) is 2.60. The minimum atomic E-state index is -0.308. The number of esters is 1. The molecule has 0 amide bonds. The molecule has 0 fully saturated rings. The summed E-state index contributed by atoms with van der Waals surface area (Å²) in [6.07, 6.45) is 0. The number of hydrogen-bond donors (Lipinski definition) is 0. The third-order valence-corrected chi connectivity index (χ3v) is 4.21. The van der Waals surface area contributed by atoms with Gasteiger partial charge < -0.3 is 4.74 Å². The van der Waals surface area contributed by atoms with Crippen LogP contribution in [-0.2, 0) is 10.1 Å². The first-order chi connectivity index (χ1) is 11.3. The van der Waals surface area contributed by atoms with Gasteiger partial charge in [-0.05, 0) is 13.0 Å². The van der Waals surface area contributed by atoms with Gasteiger partial charge in [0.05, 0.1) is 23.4 Å². The third-order valence-electron chi connectivity index (χ3n) is 3.65. The van der Waals surface area contributed by atoms with Crippen molar-refractivity contribution < 1.29 is 9.53 Å². The molecule has 1 aromatic heterocycles. The molecule has 3 rings (SSSR count). The molecule has 0 N–H and O–H groups in total. The quantitative estimate of drug-likeness (QED) is 0.481. The van der Waals surface area contributed by atoms with Crippen molar-refractivity contribution in [1.29, 1.82) is 0 Å². The predicted octanol–water partition coefficient (Wildman–Crippen LogP) is 4.97. The average molecular weight is 370 g/mol. The molecule has 0 unspecified atom stereocenters. The van der Waals surface area contributed by atoms with Gasteiger partial charge in [-0.25, -0.2) is 9.78 Å². The van der Waals surface area contributed by atoms with Crippen LogP contribution >= 0.6 is 15.9 Å². The molecule has 2 aromatic carbocycles. The molecule has 1 heterocycles. The summed E-state index contributed by atoms with van der Waals surface area (Å²) in [5.41, 5.74) is 4.03. The molecule has 0 bridgehead atoms. The predicted molar refractivity (Wildman–Crippen MR) is 95.8 cm³/mol. The van der Waals surface area contributed by atoms with Crippen LogP contribution in [0.2, 0.25) is 0 Å². The van der Waals surface area contributed by atoms with Gasteiger partial charge >= 0.3 is 5.97 Å². The summed E-state index contributed by atoms with van der Waals surface area (Å²) in [5.74, 6) is -0.308. The van der Waals surface area contributed by atoms with Crippen molar-refractivity contribution in [1.82, 2.24) is 4.98 Å². The molecule has 116 valence electrons. The van der Waals surface area contributed by atoms with Gasteiger partial charge in [-0.3, -0.25) is 0 Å². The Morgan fingerprint density at radius 2 is 1.78 bits per heavy atom. The lowest BCUT2D eigenvalue weighted by Gasteiger charge is -2.15. The Labute approximate surface area is 143 Å². The Kier molecular flexibility index (Phi) is 4.72. The van der Waals surface area contributed by atoms with Crippen LogP contribution in [0, 0.1) is 0 Å². The molecule has 0 aliphatic carbocycles. The van der Waals surface area contributed by atoms with E-state index in [-0.39, 0.29) is 5.97 Å². The van der Waals surface area contributed by atoms with E-state index in [9.17, 15) is 4.79 Å². The number of benzene rings is 2. The molecule has 0 aliphatic heterocycles. The largest absolute Gasteiger partial charge is 0.462 e. The lowest BCUT2D eigenvalue weighted by atomic mass is 9.98. The first-order valence-electron chi connectivity index (χ1n) is 7.46. The maximum atomic E-state index is 12.6. The maximum absolute atomic E-state index is 12.6. The van der Waals surface area contributed by atoms with Crippen molar-refractivity contribution in [2.24, 2.45) is 0 Å². The van der Waals surface area contributed by atoms with E-state index in [2.05, 4.69) is 15.9 Å². The zero-order valence-corrected chi connectivity index (χ0v) is 14.3. The summed E-state index contributed by atoms with van der Waals surface area (Å²) >= 11 is 3.51. The topological polar surface area (TPSA) is 39.2 Å². The fourth-order valence-corrected chi connectivity index (χ4v) is 3.20. The van der Waals surface area contributed by atoms with Gasteiger partial charge in [0.1, 0.15) is 0 Å². The molecule has 0 radical (unpaired) electrons. The lowest BCUT2D eigenvalue weighted by molar-refractivity contribution is 0.0528. The summed E-state index contributed by atoms with van der Waals surface area (Å²) in [7, 11) is 0. The molecule has 0 spiro atoms. The Morgan fingerprint density at radius 3 is 2.48 bits per heavy atom. The van der Waals surface area contributed by atoms with Crippen molar-refractivity contribution in [2.75, 3.05) is 6.61 Å². The summed E-state index contributed by atoms with van der Waals surface area (Å²) < 4.78 is 5.28. The molecular formula is C19H16BrNO2. The van der Waals surface area contributed by atoms with E-state index >= 15 is 0 Å². The highest BCUT2D eigenvalue weighted by molar-refractivity contribution is 9.08. The second-order valence-corrected chi connectivity index (χ2v) is 5.61. The molecule has 4 heteroatoms. The molecule has 3 aromatic rings. The molecule has 0 atom stereocenters. The minimum absolute atomic E-state index is 0.308. The van der Waals surface area contributed by atoms with Crippen LogP contribution < -0.4 is 0 Å². The monoisotopic (exact) mass is 369 g/mol. The van der Waals surface area contributed by atoms with Gasteiger partial charge in [-0.2, -0.15) is 0 Å². The number of carbonyl (C=O) groups excluding carboxylic acids is 1. The second kappa shape index (κ2) is 6.92. The number of halogens is 1. The van der Waals surface area contributed by atoms with Gasteiger partial charge in [0.2, 0.25) is 0 Å². The zero-order chi connectivity index (χ0) is 16.2. The molecule has 0 saturated heterocycles. The SMILES string of the molecule is CCOC(=O)c1c(CBr)c(-c2ccccc2)nc2ccccc12. The number of para-hydroxylation sites is 1. The van der Waals surface area contributed by atoms with E-state index in [0.29, 0.717) is 17.5 Å². The highest BCUT2D eigenvalue weighted by atomic mass is 79.9. The third kappa shape index (κ3) is 2.99. The number of fused-ring (bicyclic) bond motifs is 1. The number of hydrogen-bond acceptors (Lipinski definition) is 3. The number of nitrogens with zero attached hydrogens (tertiary/aromatic N) is 1. The Hall–Kier alpha value is -2.20. The molecular weight excluding hydrogens is 354 g/mol. The van der Waals surface area contributed by atoms with E-state index in [0.717, 1.165) is 27.7 Å². The van der Waals surface area contributed by atoms with Crippen LogP contribution in [0.3, 0.4) is 0 Å². The summed E-state index contributed by atoms with van der Waals surface area (Å²) in [6.45, 7) is 2.16. The van der Waals surface area contributed by atoms with Crippen LogP contribution in [0.1, 0.15) is 22.8 Å². The van der Waals surface area contributed by atoms with Gasteiger partial charge in [0, 0.05) is 21.8 Å². The number of alkyl halides is 1. The first kappa shape index (κ1) is 15.7. The van der Waals surface area contributed by atoms with Crippen molar-refractivity contribution in [3.8, 4) is 11.3 Å². The summed E-state index contributed by atoms with van der Waals surface area (Å²) in [5, 5.41) is 1.35. The number of rotatable bonds is 4. The van der Waals surface area contributed by atoms with Crippen molar-refractivity contribution >= 4 is 32.8 Å². The smallest absolute Gasteiger partial charge is 0.339 e. The fourth-order valence-electron chi connectivity index (χ4n) is 2.65. The van der Waals surface area contributed by atoms with Crippen molar-refractivity contribution in [2.45, 2.75) is 12.3 Å². The highest BCUT2D eigenvalue weighted by Crippen LogP contribution is 2.32. The van der Waals surface area contributed by atoms with Gasteiger partial charge in [0.25, 0.3) is 0 Å². The van der Waals surface area contributed by atoms with E-state index < -0.39 is 0 Å². The Balaban J connectivity index is 2.35. The number of pyridine rings is 1.